The van der Waals surface area contributed by atoms with Crippen LogP contribution in [-0.4, -0.2) is 20.7 Å². The van der Waals surface area contributed by atoms with Crippen LogP contribution in [0.3, 0.4) is 0 Å². The van der Waals surface area contributed by atoms with Crippen molar-refractivity contribution in [3.63, 3.8) is 0 Å². The first-order chi connectivity index (χ1) is 8.74. The summed E-state index contributed by atoms with van der Waals surface area (Å²) >= 11 is 0. The number of aryl methyl sites for hydroxylation is 1. The minimum Gasteiger partial charge on any atom is -0.346 e. The highest BCUT2D eigenvalue weighted by atomic mass is 15.2. The van der Waals surface area contributed by atoms with Crippen LogP contribution in [-0.2, 0) is 13.1 Å². The van der Waals surface area contributed by atoms with E-state index in [0.717, 1.165) is 23.6 Å². The second-order valence-corrected chi connectivity index (χ2v) is 4.46. The smallest absolute Gasteiger partial charge is 0.129 e. The van der Waals surface area contributed by atoms with Crippen molar-refractivity contribution in [1.82, 2.24) is 14.9 Å². The highest BCUT2D eigenvalue weighted by Crippen LogP contribution is 2.23. The zero-order chi connectivity index (χ0) is 12.5. The molecule has 1 aromatic carbocycles. The zero-order valence-corrected chi connectivity index (χ0v) is 10.2. The fraction of sp³-hybridized carbons (Fsp3) is 0.214. The Balaban J connectivity index is 1.83. The van der Waals surface area contributed by atoms with Crippen molar-refractivity contribution in [2.75, 3.05) is 0 Å². The number of amidine groups is 1. The molecule has 90 valence electrons. The lowest BCUT2D eigenvalue weighted by atomic mass is 10.1. The number of nitrogens with one attached hydrogen (secondary N) is 1. The molecule has 0 radical (unpaired) electrons. The van der Waals surface area contributed by atoms with E-state index >= 15 is 0 Å². The van der Waals surface area contributed by atoms with Crippen LogP contribution in [0.25, 0.3) is 0 Å². The number of nitrogens with zero attached hydrogens (tertiary/aromatic N) is 3. The highest BCUT2D eigenvalue weighted by molar-refractivity contribution is 6.00. The van der Waals surface area contributed by atoms with Crippen molar-refractivity contribution in [3.8, 4) is 0 Å². The molecule has 0 spiro atoms. The van der Waals surface area contributed by atoms with Gasteiger partial charge in [-0.1, -0.05) is 24.3 Å². The summed E-state index contributed by atoms with van der Waals surface area (Å²) in [5, 5.41) is 8.17. The van der Waals surface area contributed by atoms with Crippen molar-refractivity contribution >= 4 is 5.84 Å². The lowest BCUT2D eigenvalue weighted by Gasteiger charge is -2.17. The van der Waals surface area contributed by atoms with Crippen LogP contribution in [0, 0.1) is 12.3 Å². The van der Waals surface area contributed by atoms with Gasteiger partial charge in [-0.2, -0.15) is 0 Å². The molecule has 4 heteroatoms. The van der Waals surface area contributed by atoms with Gasteiger partial charge in [0, 0.05) is 18.3 Å². The summed E-state index contributed by atoms with van der Waals surface area (Å²) in [4.78, 5) is 10.5. The molecule has 0 fully saturated rings. The van der Waals surface area contributed by atoms with Gasteiger partial charge in [-0.05, 0) is 18.6 Å². The molecule has 1 aliphatic heterocycles. The van der Waals surface area contributed by atoms with E-state index in [2.05, 4.69) is 16.0 Å². The molecule has 2 aromatic rings. The largest absolute Gasteiger partial charge is 0.346 e. The molecule has 0 bridgehead atoms. The first-order valence-corrected chi connectivity index (χ1v) is 5.94. The molecule has 0 unspecified atom stereocenters. The maximum absolute atomic E-state index is 8.17. The Hall–Kier alpha value is -2.23. The molecule has 0 saturated heterocycles. The zero-order valence-electron chi connectivity index (χ0n) is 10.2. The fourth-order valence-corrected chi connectivity index (χ4v) is 2.27. The number of fused-ring (bicyclic) bond motifs is 1. The Bertz CT molecular complexity index is 606. The second-order valence-electron chi connectivity index (χ2n) is 4.46. The number of rotatable bonds is 2. The molecule has 18 heavy (non-hydrogen) atoms. The third kappa shape index (κ3) is 1.86. The first-order valence-electron chi connectivity index (χ1n) is 5.94. The van der Waals surface area contributed by atoms with Crippen LogP contribution in [0.4, 0.5) is 0 Å². The lowest BCUT2D eigenvalue weighted by Crippen LogP contribution is -2.24. The Labute approximate surface area is 106 Å². The number of hydrogen-bond acceptors (Lipinski definition) is 3. The molecule has 3 rings (SSSR count). The quantitative estimate of drug-likeness (QED) is 0.872. The first kappa shape index (κ1) is 10.9. The molecule has 1 aromatic heterocycles. The van der Waals surface area contributed by atoms with Crippen LogP contribution in [0.2, 0.25) is 0 Å². The van der Waals surface area contributed by atoms with E-state index in [9.17, 15) is 0 Å². The summed E-state index contributed by atoms with van der Waals surface area (Å²) in [7, 11) is 0. The molecule has 1 aliphatic rings. The van der Waals surface area contributed by atoms with Crippen LogP contribution in [0.5, 0.6) is 0 Å². The third-order valence-electron chi connectivity index (χ3n) is 3.14. The van der Waals surface area contributed by atoms with Crippen LogP contribution in [0.1, 0.15) is 22.6 Å². The van der Waals surface area contributed by atoms with Gasteiger partial charge in [-0.3, -0.25) is 5.41 Å². The van der Waals surface area contributed by atoms with E-state index in [0.29, 0.717) is 12.4 Å². The number of benzene rings is 1. The lowest BCUT2D eigenvalue weighted by molar-refractivity contribution is 0.415. The van der Waals surface area contributed by atoms with Crippen LogP contribution < -0.4 is 0 Å². The molecular weight excluding hydrogens is 224 g/mol. The molecular formula is C14H14N4. The van der Waals surface area contributed by atoms with Crippen molar-refractivity contribution in [1.29, 1.82) is 5.41 Å². The van der Waals surface area contributed by atoms with Gasteiger partial charge in [0.15, 0.2) is 0 Å². The molecule has 0 amide bonds. The molecule has 0 aliphatic carbocycles. The Morgan fingerprint density at radius 1 is 1.28 bits per heavy atom. The van der Waals surface area contributed by atoms with E-state index in [-0.39, 0.29) is 0 Å². The predicted molar refractivity (Wildman–Crippen MR) is 69.3 cm³/mol. The van der Waals surface area contributed by atoms with E-state index in [1.807, 2.05) is 36.1 Å². The number of hydrogen-bond donors (Lipinski definition) is 1. The van der Waals surface area contributed by atoms with Gasteiger partial charge in [0.2, 0.25) is 0 Å². The minimum atomic E-state index is 0.585. The Kier molecular flexibility index (Phi) is 2.55. The van der Waals surface area contributed by atoms with Gasteiger partial charge in [-0.25, -0.2) is 9.97 Å². The highest BCUT2D eigenvalue weighted by Gasteiger charge is 2.23. The second kappa shape index (κ2) is 4.22. The SMILES string of the molecule is Cc1nccc(CN2Cc3ccccc3C2=N)n1. The van der Waals surface area contributed by atoms with E-state index < -0.39 is 0 Å². The van der Waals surface area contributed by atoms with Gasteiger partial charge in [0.05, 0.1) is 12.2 Å². The topological polar surface area (TPSA) is 52.9 Å². The van der Waals surface area contributed by atoms with Crippen molar-refractivity contribution in [2.45, 2.75) is 20.0 Å². The molecule has 2 heterocycles. The van der Waals surface area contributed by atoms with Crippen molar-refractivity contribution in [2.24, 2.45) is 0 Å². The summed E-state index contributed by atoms with van der Waals surface area (Å²) in [6.07, 6.45) is 1.77. The fourth-order valence-electron chi connectivity index (χ4n) is 2.27. The standard InChI is InChI=1S/C14H14N4/c1-10-16-7-6-12(17-10)9-18-8-11-4-2-3-5-13(11)14(18)15/h2-7,15H,8-9H2,1H3. The van der Waals surface area contributed by atoms with Gasteiger partial charge >= 0.3 is 0 Å². The maximum Gasteiger partial charge on any atom is 0.129 e. The number of aromatic nitrogens is 2. The third-order valence-corrected chi connectivity index (χ3v) is 3.14. The van der Waals surface area contributed by atoms with E-state index in [1.54, 1.807) is 6.20 Å². The normalized spacial score (nSPS) is 13.8. The average Bonchev–Trinajstić information content (AvgIpc) is 2.67. The summed E-state index contributed by atoms with van der Waals surface area (Å²) in [5.41, 5.74) is 3.21. The van der Waals surface area contributed by atoms with Crippen LogP contribution in [0.15, 0.2) is 36.5 Å². The maximum atomic E-state index is 8.17. The monoisotopic (exact) mass is 238 g/mol. The molecule has 0 saturated carbocycles. The van der Waals surface area contributed by atoms with Gasteiger partial charge < -0.3 is 4.90 Å². The van der Waals surface area contributed by atoms with E-state index in [1.165, 1.54) is 5.56 Å². The molecule has 4 nitrogen and oxygen atoms in total. The van der Waals surface area contributed by atoms with Crippen molar-refractivity contribution in [3.05, 3.63) is 59.2 Å². The summed E-state index contributed by atoms with van der Waals surface area (Å²) in [5.74, 6) is 1.36. The minimum absolute atomic E-state index is 0.585. The molecule has 0 atom stereocenters. The van der Waals surface area contributed by atoms with E-state index in [4.69, 9.17) is 5.41 Å². The van der Waals surface area contributed by atoms with Gasteiger partial charge in [-0.15, -0.1) is 0 Å². The van der Waals surface area contributed by atoms with Crippen molar-refractivity contribution < 1.29 is 0 Å². The summed E-state index contributed by atoms with van der Waals surface area (Å²) in [6, 6.07) is 9.98. The van der Waals surface area contributed by atoms with Gasteiger partial charge in [0.1, 0.15) is 11.7 Å². The molecule has 1 N–H and O–H groups in total. The Morgan fingerprint density at radius 2 is 2.11 bits per heavy atom. The predicted octanol–water partition coefficient (Wildman–Crippen LogP) is 2.13. The van der Waals surface area contributed by atoms with Crippen LogP contribution >= 0.6 is 0 Å². The van der Waals surface area contributed by atoms with Gasteiger partial charge in [0.25, 0.3) is 0 Å². The average molecular weight is 238 g/mol. The summed E-state index contributed by atoms with van der Waals surface area (Å²) in [6.45, 7) is 3.34. The Morgan fingerprint density at radius 3 is 2.89 bits per heavy atom. The summed E-state index contributed by atoms with van der Waals surface area (Å²) < 4.78 is 0.